The highest BCUT2D eigenvalue weighted by Gasteiger charge is 2.17. The molecule has 0 aromatic heterocycles. The van der Waals surface area contributed by atoms with E-state index < -0.39 is 0 Å². The number of nitrogens with one attached hydrogen (secondary N) is 1. The summed E-state index contributed by atoms with van der Waals surface area (Å²) in [6, 6.07) is 13.8. The zero-order valence-electron chi connectivity index (χ0n) is 13.4. The molecule has 23 heavy (non-hydrogen) atoms. The molecule has 0 bridgehead atoms. The Morgan fingerprint density at radius 3 is 2.65 bits per heavy atom. The maximum atomic E-state index is 12.5. The van der Waals surface area contributed by atoms with Crippen molar-refractivity contribution in [1.82, 2.24) is 5.32 Å². The molecule has 0 radical (unpaired) electrons. The maximum absolute atomic E-state index is 12.5. The summed E-state index contributed by atoms with van der Waals surface area (Å²) in [5.41, 5.74) is 4.72. The summed E-state index contributed by atoms with van der Waals surface area (Å²) in [6.07, 6.45) is 5.76. The quantitative estimate of drug-likeness (QED) is 0.831. The van der Waals surface area contributed by atoms with Crippen LogP contribution in [0.1, 0.15) is 59.3 Å². The van der Waals surface area contributed by atoms with E-state index >= 15 is 0 Å². The number of halogens is 1. The van der Waals surface area contributed by atoms with Gasteiger partial charge >= 0.3 is 0 Å². The van der Waals surface area contributed by atoms with Crippen molar-refractivity contribution in [1.29, 1.82) is 0 Å². The standard InChI is InChI=1S/C20H22ClNO/c1-2-19(22-20(23)17-8-5-9-18(21)13-17)16-11-10-14-6-3-4-7-15(14)12-16/h5,8-13,19H,2-4,6-7H2,1H3,(H,22,23)/t19-/m0/s1. The van der Waals surface area contributed by atoms with Crippen LogP contribution in [0.2, 0.25) is 5.02 Å². The lowest BCUT2D eigenvalue weighted by molar-refractivity contribution is 0.0935. The summed E-state index contributed by atoms with van der Waals surface area (Å²) in [7, 11) is 0. The zero-order chi connectivity index (χ0) is 16.2. The van der Waals surface area contributed by atoms with Gasteiger partial charge in [0.05, 0.1) is 6.04 Å². The lowest BCUT2D eigenvalue weighted by Crippen LogP contribution is -2.28. The summed E-state index contributed by atoms with van der Waals surface area (Å²) in [6.45, 7) is 2.10. The minimum Gasteiger partial charge on any atom is -0.345 e. The molecule has 0 saturated heterocycles. The predicted molar refractivity (Wildman–Crippen MR) is 95.0 cm³/mol. The molecule has 1 amide bonds. The van der Waals surface area contributed by atoms with Crippen LogP contribution in [0.5, 0.6) is 0 Å². The first-order valence-electron chi connectivity index (χ1n) is 8.35. The highest BCUT2D eigenvalue weighted by molar-refractivity contribution is 6.30. The zero-order valence-corrected chi connectivity index (χ0v) is 14.2. The number of benzene rings is 2. The van der Waals surface area contributed by atoms with E-state index in [1.165, 1.54) is 36.0 Å². The largest absolute Gasteiger partial charge is 0.345 e. The third kappa shape index (κ3) is 3.76. The minimum atomic E-state index is -0.0722. The van der Waals surface area contributed by atoms with Crippen molar-refractivity contribution in [3.05, 3.63) is 69.7 Å². The fraction of sp³-hybridized carbons (Fsp3) is 0.350. The Labute approximate surface area is 142 Å². The average Bonchev–Trinajstić information content (AvgIpc) is 2.59. The molecule has 0 spiro atoms. The number of carbonyl (C=O) groups is 1. The first-order valence-corrected chi connectivity index (χ1v) is 8.73. The molecule has 2 aromatic rings. The van der Waals surface area contributed by atoms with Gasteiger partial charge in [0.1, 0.15) is 0 Å². The van der Waals surface area contributed by atoms with Crippen LogP contribution in [-0.4, -0.2) is 5.91 Å². The molecule has 120 valence electrons. The van der Waals surface area contributed by atoms with Gasteiger partial charge in [-0.2, -0.15) is 0 Å². The Balaban J connectivity index is 1.78. The number of hydrogen-bond acceptors (Lipinski definition) is 1. The monoisotopic (exact) mass is 327 g/mol. The molecule has 0 fully saturated rings. The van der Waals surface area contributed by atoms with Crippen LogP contribution < -0.4 is 5.32 Å². The van der Waals surface area contributed by atoms with Gasteiger partial charge in [0.15, 0.2) is 0 Å². The van der Waals surface area contributed by atoms with Gasteiger partial charge in [-0.25, -0.2) is 0 Å². The lowest BCUT2D eigenvalue weighted by Gasteiger charge is -2.22. The summed E-state index contributed by atoms with van der Waals surface area (Å²) in [5.74, 6) is -0.0722. The van der Waals surface area contributed by atoms with Crippen molar-refractivity contribution in [2.45, 2.75) is 45.1 Å². The average molecular weight is 328 g/mol. The second-order valence-electron chi connectivity index (χ2n) is 6.18. The molecule has 1 aliphatic rings. The van der Waals surface area contributed by atoms with E-state index in [-0.39, 0.29) is 11.9 Å². The Morgan fingerprint density at radius 2 is 1.91 bits per heavy atom. The first kappa shape index (κ1) is 16.1. The Bertz CT molecular complexity index is 711. The molecule has 0 unspecified atom stereocenters. The van der Waals surface area contributed by atoms with E-state index in [0.717, 1.165) is 12.8 Å². The number of fused-ring (bicyclic) bond motifs is 1. The van der Waals surface area contributed by atoms with Crippen LogP contribution in [0, 0.1) is 0 Å². The van der Waals surface area contributed by atoms with Crippen LogP contribution >= 0.6 is 11.6 Å². The van der Waals surface area contributed by atoms with E-state index in [0.29, 0.717) is 10.6 Å². The molecule has 0 heterocycles. The Kier molecular flexibility index (Phi) is 5.02. The topological polar surface area (TPSA) is 29.1 Å². The van der Waals surface area contributed by atoms with E-state index in [9.17, 15) is 4.79 Å². The summed E-state index contributed by atoms with van der Waals surface area (Å²) < 4.78 is 0. The molecular formula is C20H22ClNO. The van der Waals surface area contributed by atoms with Crippen LogP contribution in [0.4, 0.5) is 0 Å². The third-order valence-corrected chi connectivity index (χ3v) is 4.81. The maximum Gasteiger partial charge on any atom is 0.251 e. The molecule has 1 atom stereocenters. The highest BCUT2D eigenvalue weighted by atomic mass is 35.5. The van der Waals surface area contributed by atoms with Crippen molar-refractivity contribution in [3.8, 4) is 0 Å². The molecular weight excluding hydrogens is 306 g/mol. The van der Waals surface area contributed by atoms with Crippen molar-refractivity contribution in [3.63, 3.8) is 0 Å². The number of rotatable bonds is 4. The summed E-state index contributed by atoms with van der Waals surface area (Å²) in [4.78, 5) is 12.5. The van der Waals surface area contributed by atoms with Crippen molar-refractivity contribution in [2.24, 2.45) is 0 Å². The molecule has 1 aliphatic carbocycles. The van der Waals surface area contributed by atoms with Crippen molar-refractivity contribution < 1.29 is 4.79 Å². The van der Waals surface area contributed by atoms with E-state index in [4.69, 9.17) is 11.6 Å². The Morgan fingerprint density at radius 1 is 1.13 bits per heavy atom. The first-order chi connectivity index (χ1) is 11.2. The molecule has 3 rings (SSSR count). The van der Waals surface area contributed by atoms with Crippen molar-refractivity contribution >= 4 is 17.5 Å². The van der Waals surface area contributed by atoms with Gasteiger partial charge in [-0.05, 0) is 67.0 Å². The van der Waals surface area contributed by atoms with Crippen LogP contribution in [0.25, 0.3) is 0 Å². The smallest absolute Gasteiger partial charge is 0.251 e. The van der Waals surface area contributed by atoms with Crippen LogP contribution in [-0.2, 0) is 12.8 Å². The molecule has 2 aromatic carbocycles. The minimum absolute atomic E-state index is 0.0358. The van der Waals surface area contributed by atoms with Gasteiger partial charge in [-0.1, -0.05) is 42.8 Å². The third-order valence-electron chi connectivity index (χ3n) is 4.58. The number of hydrogen-bond donors (Lipinski definition) is 1. The lowest BCUT2D eigenvalue weighted by atomic mass is 9.88. The Hall–Kier alpha value is -1.80. The van der Waals surface area contributed by atoms with Gasteiger partial charge in [0.2, 0.25) is 0 Å². The fourth-order valence-corrected chi connectivity index (χ4v) is 3.45. The molecule has 3 heteroatoms. The number of carbonyl (C=O) groups excluding carboxylic acids is 1. The van der Waals surface area contributed by atoms with Gasteiger partial charge in [0, 0.05) is 10.6 Å². The number of amides is 1. The summed E-state index contributed by atoms with van der Waals surface area (Å²) in [5, 5.41) is 3.72. The van der Waals surface area contributed by atoms with Gasteiger partial charge in [-0.15, -0.1) is 0 Å². The second-order valence-corrected chi connectivity index (χ2v) is 6.62. The van der Waals surface area contributed by atoms with Crippen LogP contribution in [0.15, 0.2) is 42.5 Å². The summed E-state index contributed by atoms with van der Waals surface area (Å²) >= 11 is 5.98. The molecule has 0 aliphatic heterocycles. The van der Waals surface area contributed by atoms with E-state index in [2.05, 4.69) is 30.4 Å². The van der Waals surface area contributed by atoms with Crippen LogP contribution in [0.3, 0.4) is 0 Å². The van der Waals surface area contributed by atoms with Gasteiger partial charge < -0.3 is 5.32 Å². The molecule has 1 N–H and O–H groups in total. The number of aryl methyl sites for hydroxylation is 2. The second kappa shape index (κ2) is 7.18. The predicted octanol–water partition coefficient (Wildman–Crippen LogP) is 5.10. The molecule has 0 saturated carbocycles. The van der Waals surface area contributed by atoms with E-state index in [1.54, 1.807) is 24.3 Å². The molecule has 2 nitrogen and oxygen atoms in total. The SMILES string of the molecule is CC[C@H](NC(=O)c1cccc(Cl)c1)c1ccc2c(c1)CCCC2. The van der Waals surface area contributed by atoms with Gasteiger partial charge in [-0.3, -0.25) is 4.79 Å². The fourth-order valence-electron chi connectivity index (χ4n) is 3.26. The normalized spacial score (nSPS) is 14.9. The van der Waals surface area contributed by atoms with E-state index in [1.807, 2.05) is 0 Å². The highest BCUT2D eigenvalue weighted by Crippen LogP contribution is 2.26. The van der Waals surface area contributed by atoms with Crippen molar-refractivity contribution in [2.75, 3.05) is 0 Å². The van der Waals surface area contributed by atoms with Gasteiger partial charge in [0.25, 0.3) is 5.91 Å².